The number of hydrogen-bond acceptors (Lipinski definition) is 4. The van der Waals surface area contributed by atoms with E-state index in [9.17, 15) is 13.2 Å². The summed E-state index contributed by atoms with van der Waals surface area (Å²) >= 11 is 6.43. The van der Waals surface area contributed by atoms with Crippen molar-refractivity contribution in [2.24, 2.45) is 10.1 Å². The monoisotopic (exact) mass is 558 g/mol. The van der Waals surface area contributed by atoms with E-state index < -0.39 is 15.9 Å². The van der Waals surface area contributed by atoms with Crippen molar-refractivity contribution in [3.05, 3.63) is 130 Å². The number of anilines is 2. The van der Waals surface area contributed by atoms with Crippen LogP contribution >= 0.6 is 11.6 Å². The zero-order valence-electron chi connectivity index (χ0n) is 21.4. The van der Waals surface area contributed by atoms with Gasteiger partial charge in [0, 0.05) is 22.0 Å². The number of rotatable bonds is 7. The summed E-state index contributed by atoms with van der Waals surface area (Å²) in [6, 6.07) is 28.9. The number of hydrogen-bond donors (Lipinski definition) is 3. The molecule has 0 aliphatic carbocycles. The number of aryl methyl sites for hydroxylation is 2. The van der Waals surface area contributed by atoms with E-state index in [1.807, 2.05) is 32.0 Å². The molecule has 4 rings (SSSR count). The number of nitrogens with one attached hydrogen (secondary N) is 2. The first kappa shape index (κ1) is 27.6. The smallest absolute Gasteiger partial charge is 0.284 e. The molecule has 4 aromatic rings. The van der Waals surface area contributed by atoms with Crippen LogP contribution < -0.4 is 16.4 Å². The molecule has 0 saturated heterocycles. The normalized spacial score (nSPS) is 12.4. The second-order valence-electron chi connectivity index (χ2n) is 8.81. The Bertz CT molecular complexity index is 1650. The number of amides is 1. The molecule has 0 aliphatic heterocycles. The summed E-state index contributed by atoms with van der Waals surface area (Å²) in [6.07, 6.45) is 0. The van der Waals surface area contributed by atoms with E-state index >= 15 is 0 Å². The van der Waals surface area contributed by atoms with E-state index in [-0.39, 0.29) is 27.0 Å². The number of carbonyl (C=O) groups excluding carboxylic acids is 1. The highest BCUT2D eigenvalue weighted by atomic mass is 35.5. The Hall–Kier alpha value is -4.40. The van der Waals surface area contributed by atoms with E-state index in [2.05, 4.69) is 15.0 Å². The lowest BCUT2D eigenvalue weighted by Crippen LogP contribution is -2.29. The van der Waals surface area contributed by atoms with E-state index in [4.69, 9.17) is 17.3 Å². The molecule has 0 fully saturated rings. The molecule has 0 bridgehead atoms. The molecular weight excluding hydrogens is 532 g/mol. The Morgan fingerprint density at radius 3 is 1.90 bits per heavy atom. The fourth-order valence-electron chi connectivity index (χ4n) is 3.67. The van der Waals surface area contributed by atoms with Crippen molar-refractivity contribution in [3.8, 4) is 0 Å². The summed E-state index contributed by atoms with van der Waals surface area (Å²) < 4.78 is 31.0. The van der Waals surface area contributed by atoms with Gasteiger partial charge in [-0.1, -0.05) is 83.4 Å². The van der Waals surface area contributed by atoms with Crippen LogP contribution in [0.25, 0.3) is 5.70 Å². The molecule has 0 aromatic heterocycles. The van der Waals surface area contributed by atoms with E-state index in [1.165, 1.54) is 12.1 Å². The highest BCUT2D eigenvalue weighted by Crippen LogP contribution is 2.26. The van der Waals surface area contributed by atoms with Gasteiger partial charge in [0.05, 0.1) is 10.6 Å². The van der Waals surface area contributed by atoms with Crippen molar-refractivity contribution < 1.29 is 13.2 Å². The fraction of sp³-hybridized carbons (Fsp3) is 0.0667. The maximum Gasteiger partial charge on any atom is 0.284 e. The second kappa shape index (κ2) is 12.0. The third-order valence-electron chi connectivity index (χ3n) is 5.77. The van der Waals surface area contributed by atoms with Crippen LogP contribution in [0, 0.1) is 13.8 Å². The minimum absolute atomic E-state index is 0.0323. The SMILES string of the molecule is Cc1ccc(NC(=O)C(=C(\N)c2ccccc2Cl)/C(=N\S(=O)(=O)c2ccc(C)cc2)Nc2ccccc2)cc1. The van der Waals surface area contributed by atoms with Crippen molar-refractivity contribution >= 4 is 50.4 Å². The standard InChI is InChI=1S/C30H27ClN4O3S/c1-20-12-16-23(17-13-20)34-30(36)27(28(32)25-10-6-7-11-26(25)31)29(33-22-8-4-3-5-9-22)35-39(37,38)24-18-14-21(2)15-19-24/h3-19H,32H2,1-2H3,(H,33,35)(H,34,36)/b28-27-. The lowest BCUT2D eigenvalue weighted by Gasteiger charge is -2.17. The molecule has 1 amide bonds. The van der Waals surface area contributed by atoms with Gasteiger partial charge in [-0.25, -0.2) is 0 Å². The summed E-state index contributed by atoms with van der Waals surface area (Å²) in [7, 11) is -4.26. The summed E-state index contributed by atoms with van der Waals surface area (Å²) in [5.41, 5.74) is 9.58. The van der Waals surface area contributed by atoms with Crippen LogP contribution in [0.15, 0.2) is 118 Å². The summed E-state index contributed by atoms with van der Waals surface area (Å²) in [5.74, 6) is -0.929. The largest absolute Gasteiger partial charge is 0.397 e. The van der Waals surface area contributed by atoms with Gasteiger partial charge >= 0.3 is 0 Å². The van der Waals surface area contributed by atoms with Crippen LogP contribution in [-0.2, 0) is 14.8 Å². The molecular formula is C30H27ClN4O3S. The zero-order valence-corrected chi connectivity index (χ0v) is 22.9. The quantitative estimate of drug-likeness (QED) is 0.143. The van der Waals surface area contributed by atoms with Crippen LogP contribution in [-0.4, -0.2) is 20.2 Å². The van der Waals surface area contributed by atoms with Crippen LogP contribution in [0.1, 0.15) is 16.7 Å². The Labute approximate surface area is 233 Å². The molecule has 0 saturated carbocycles. The minimum atomic E-state index is -4.26. The fourth-order valence-corrected chi connectivity index (χ4v) is 4.87. The van der Waals surface area contributed by atoms with Crippen molar-refractivity contribution in [1.82, 2.24) is 0 Å². The van der Waals surface area contributed by atoms with Crippen molar-refractivity contribution in [3.63, 3.8) is 0 Å². The topological polar surface area (TPSA) is 114 Å². The Morgan fingerprint density at radius 1 is 0.744 bits per heavy atom. The predicted molar refractivity (Wildman–Crippen MR) is 158 cm³/mol. The Kier molecular flexibility index (Phi) is 8.49. The number of sulfonamides is 1. The van der Waals surface area contributed by atoms with Crippen LogP contribution in [0.3, 0.4) is 0 Å². The summed E-state index contributed by atoms with van der Waals surface area (Å²) in [5, 5.41) is 6.08. The summed E-state index contributed by atoms with van der Waals surface area (Å²) in [6.45, 7) is 3.78. The lowest BCUT2D eigenvalue weighted by atomic mass is 10.0. The highest BCUT2D eigenvalue weighted by Gasteiger charge is 2.26. The average Bonchev–Trinajstić information content (AvgIpc) is 2.91. The van der Waals surface area contributed by atoms with Crippen LogP contribution in [0.4, 0.5) is 11.4 Å². The van der Waals surface area contributed by atoms with Gasteiger partial charge in [0.2, 0.25) is 0 Å². The number of amidine groups is 1. The Morgan fingerprint density at radius 2 is 1.28 bits per heavy atom. The zero-order chi connectivity index (χ0) is 28.0. The maximum atomic E-state index is 13.8. The number of benzene rings is 4. The van der Waals surface area contributed by atoms with Gasteiger partial charge in [-0.05, 0) is 56.3 Å². The lowest BCUT2D eigenvalue weighted by molar-refractivity contribution is -0.112. The molecule has 9 heteroatoms. The number of nitrogens with zero attached hydrogens (tertiary/aromatic N) is 1. The molecule has 0 spiro atoms. The number of nitrogens with two attached hydrogens (primary N) is 1. The van der Waals surface area contributed by atoms with E-state index in [1.54, 1.807) is 72.8 Å². The van der Waals surface area contributed by atoms with E-state index in [0.29, 0.717) is 16.9 Å². The number of halogens is 1. The van der Waals surface area contributed by atoms with Crippen molar-refractivity contribution in [1.29, 1.82) is 0 Å². The van der Waals surface area contributed by atoms with Gasteiger partial charge in [0.15, 0.2) is 5.84 Å². The molecule has 0 heterocycles. The van der Waals surface area contributed by atoms with Gasteiger partial charge in [0.1, 0.15) is 5.57 Å². The van der Waals surface area contributed by atoms with Crippen molar-refractivity contribution in [2.45, 2.75) is 18.7 Å². The number of para-hydroxylation sites is 1. The second-order valence-corrected chi connectivity index (χ2v) is 10.8. The molecule has 4 aromatic carbocycles. The molecule has 0 unspecified atom stereocenters. The highest BCUT2D eigenvalue weighted by molar-refractivity contribution is 7.90. The maximum absolute atomic E-state index is 13.8. The van der Waals surface area contributed by atoms with Gasteiger partial charge in [-0.3, -0.25) is 4.79 Å². The summed E-state index contributed by atoms with van der Waals surface area (Å²) in [4.78, 5) is 13.8. The minimum Gasteiger partial charge on any atom is -0.397 e. The van der Waals surface area contributed by atoms with Crippen LogP contribution in [0.5, 0.6) is 0 Å². The first-order valence-corrected chi connectivity index (χ1v) is 13.8. The molecule has 39 heavy (non-hydrogen) atoms. The van der Waals surface area contributed by atoms with Gasteiger partial charge in [-0.15, -0.1) is 4.40 Å². The van der Waals surface area contributed by atoms with Crippen molar-refractivity contribution in [2.75, 3.05) is 10.6 Å². The molecule has 0 radical (unpaired) electrons. The molecule has 7 nitrogen and oxygen atoms in total. The molecule has 4 N–H and O–H groups in total. The third kappa shape index (κ3) is 6.93. The predicted octanol–water partition coefficient (Wildman–Crippen LogP) is 6.16. The van der Waals surface area contributed by atoms with Gasteiger partial charge < -0.3 is 16.4 Å². The van der Waals surface area contributed by atoms with Crippen LogP contribution in [0.2, 0.25) is 5.02 Å². The third-order valence-corrected chi connectivity index (χ3v) is 7.39. The number of carbonyl (C=O) groups is 1. The molecule has 0 atom stereocenters. The Balaban J connectivity index is 1.93. The van der Waals surface area contributed by atoms with Gasteiger partial charge in [0.25, 0.3) is 15.9 Å². The molecule has 0 aliphatic rings. The molecule has 198 valence electrons. The average molecular weight is 559 g/mol. The first-order chi connectivity index (χ1) is 18.6. The first-order valence-electron chi connectivity index (χ1n) is 12.0. The van der Waals surface area contributed by atoms with E-state index in [0.717, 1.165) is 11.1 Å². The van der Waals surface area contributed by atoms with Gasteiger partial charge in [-0.2, -0.15) is 8.42 Å².